The third-order valence-corrected chi connectivity index (χ3v) is 2.15. The second-order valence-electron chi connectivity index (χ2n) is 3.78. The summed E-state index contributed by atoms with van der Waals surface area (Å²) in [5.41, 5.74) is 2.23. The van der Waals surface area contributed by atoms with Gasteiger partial charge >= 0.3 is 0 Å². The topological polar surface area (TPSA) is 29.3 Å². The normalized spacial score (nSPS) is 11.1. The van der Waals surface area contributed by atoms with Gasteiger partial charge in [-0.05, 0) is 32.9 Å². The van der Waals surface area contributed by atoms with Gasteiger partial charge in [-0.25, -0.2) is 4.98 Å². The monoisotopic (exact) mass is 189 g/mol. The van der Waals surface area contributed by atoms with E-state index in [9.17, 15) is 0 Å². The van der Waals surface area contributed by atoms with Gasteiger partial charge in [-0.15, -0.1) is 0 Å². The first-order chi connectivity index (χ1) is 6.68. The number of hydrogen-bond donors (Lipinski definition) is 1. The molecular weight excluding hydrogens is 174 g/mol. The summed E-state index contributed by atoms with van der Waals surface area (Å²) in [5, 5.41) is 3.32. The Morgan fingerprint density at radius 1 is 1.36 bits per heavy atom. The SMILES string of the molecule is Cc1nc(NC(C)C)n2ccccc12. The summed E-state index contributed by atoms with van der Waals surface area (Å²) in [7, 11) is 0. The van der Waals surface area contributed by atoms with Gasteiger partial charge in [0.15, 0.2) is 0 Å². The van der Waals surface area contributed by atoms with Crippen LogP contribution in [0, 0.1) is 6.92 Å². The Morgan fingerprint density at radius 3 is 2.86 bits per heavy atom. The lowest BCUT2D eigenvalue weighted by Crippen LogP contribution is -2.12. The summed E-state index contributed by atoms with van der Waals surface area (Å²) in [6.45, 7) is 6.25. The van der Waals surface area contributed by atoms with Crippen LogP contribution in [0.1, 0.15) is 19.5 Å². The van der Waals surface area contributed by atoms with Gasteiger partial charge in [-0.2, -0.15) is 0 Å². The van der Waals surface area contributed by atoms with E-state index in [0.29, 0.717) is 6.04 Å². The van der Waals surface area contributed by atoms with Gasteiger partial charge in [0.25, 0.3) is 0 Å². The standard InChI is InChI=1S/C11H15N3/c1-8(2)12-11-13-9(3)10-6-4-5-7-14(10)11/h4-8H,1-3H3,(H,12,13). The van der Waals surface area contributed by atoms with Crippen molar-refractivity contribution in [3.63, 3.8) is 0 Å². The highest BCUT2D eigenvalue weighted by atomic mass is 15.2. The van der Waals surface area contributed by atoms with Gasteiger partial charge < -0.3 is 5.32 Å². The molecule has 0 radical (unpaired) electrons. The van der Waals surface area contributed by atoms with E-state index in [0.717, 1.165) is 17.2 Å². The van der Waals surface area contributed by atoms with E-state index in [2.05, 4.69) is 34.6 Å². The summed E-state index contributed by atoms with van der Waals surface area (Å²) in [4.78, 5) is 4.48. The first-order valence-electron chi connectivity index (χ1n) is 4.88. The molecule has 2 heterocycles. The Balaban J connectivity index is 2.55. The minimum absolute atomic E-state index is 0.403. The molecule has 2 rings (SSSR count). The maximum Gasteiger partial charge on any atom is 0.207 e. The molecule has 2 aromatic rings. The van der Waals surface area contributed by atoms with Crippen molar-refractivity contribution in [3.05, 3.63) is 30.1 Å². The maximum atomic E-state index is 4.48. The predicted molar refractivity (Wildman–Crippen MR) is 58.7 cm³/mol. The molecule has 0 aromatic carbocycles. The van der Waals surface area contributed by atoms with Crippen LogP contribution in [0.2, 0.25) is 0 Å². The summed E-state index contributed by atoms with van der Waals surface area (Å²) in [5.74, 6) is 0.924. The molecule has 0 spiro atoms. The number of pyridine rings is 1. The van der Waals surface area contributed by atoms with Gasteiger partial charge in [0.2, 0.25) is 5.95 Å². The molecule has 0 fully saturated rings. The lowest BCUT2D eigenvalue weighted by Gasteiger charge is -2.07. The molecule has 3 heteroatoms. The number of nitrogens with zero attached hydrogens (tertiary/aromatic N) is 2. The van der Waals surface area contributed by atoms with Crippen molar-refractivity contribution in [3.8, 4) is 0 Å². The van der Waals surface area contributed by atoms with Crippen molar-refractivity contribution in [2.45, 2.75) is 26.8 Å². The van der Waals surface area contributed by atoms with E-state index in [4.69, 9.17) is 0 Å². The van der Waals surface area contributed by atoms with Crippen molar-refractivity contribution in [1.29, 1.82) is 0 Å². The number of nitrogens with one attached hydrogen (secondary N) is 1. The van der Waals surface area contributed by atoms with Crippen LogP contribution in [-0.4, -0.2) is 15.4 Å². The van der Waals surface area contributed by atoms with Crippen molar-refractivity contribution in [2.24, 2.45) is 0 Å². The molecule has 0 bridgehead atoms. The Morgan fingerprint density at radius 2 is 2.14 bits per heavy atom. The van der Waals surface area contributed by atoms with E-state index < -0.39 is 0 Å². The van der Waals surface area contributed by atoms with Crippen molar-refractivity contribution < 1.29 is 0 Å². The van der Waals surface area contributed by atoms with Crippen LogP contribution in [0.4, 0.5) is 5.95 Å². The smallest absolute Gasteiger partial charge is 0.207 e. The predicted octanol–water partition coefficient (Wildman–Crippen LogP) is 2.46. The summed E-state index contributed by atoms with van der Waals surface area (Å²) >= 11 is 0. The highest BCUT2D eigenvalue weighted by Gasteiger charge is 2.06. The Labute approximate surface area is 83.8 Å². The number of fused-ring (bicyclic) bond motifs is 1. The molecule has 0 unspecified atom stereocenters. The second-order valence-corrected chi connectivity index (χ2v) is 3.78. The van der Waals surface area contributed by atoms with Gasteiger partial charge in [0.1, 0.15) is 0 Å². The molecule has 74 valence electrons. The van der Waals surface area contributed by atoms with Crippen LogP contribution in [0.5, 0.6) is 0 Å². The molecule has 0 amide bonds. The lowest BCUT2D eigenvalue weighted by atomic mass is 10.3. The lowest BCUT2D eigenvalue weighted by molar-refractivity contribution is 0.872. The molecule has 0 atom stereocenters. The van der Waals surface area contributed by atoms with Crippen molar-refractivity contribution in [2.75, 3.05) is 5.32 Å². The fourth-order valence-electron chi connectivity index (χ4n) is 1.55. The fourth-order valence-corrected chi connectivity index (χ4v) is 1.55. The average Bonchev–Trinajstić information content (AvgIpc) is 2.44. The number of rotatable bonds is 2. The minimum atomic E-state index is 0.403. The van der Waals surface area contributed by atoms with Crippen molar-refractivity contribution >= 4 is 11.5 Å². The molecule has 2 aromatic heterocycles. The number of aryl methyl sites for hydroxylation is 1. The molecular formula is C11H15N3. The largest absolute Gasteiger partial charge is 0.353 e. The Hall–Kier alpha value is -1.51. The molecule has 0 saturated heterocycles. The number of imidazole rings is 1. The first kappa shape index (κ1) is 9.06. The maximum absolute atomic E-state index is 4.48. The zero-order valence-electron chi connectivity index (χ0n) is 8.78. The van der Waals surface area contributed by atoms with Gasteiger partial charge in [-0.3, -0.25) is 4.40 Å². The quantitative estimate of drug-likeness (QED) is 0.786. The molecule has 0 aliphatic heterocycles. The average molecular weight is 189 g/mol. The third-order valence-electron chi connectivity index (χ3n) is 2.15. The Kier molecular flexibility index (Phi) is 2.15. The zero-order valence-corrected chi connectivity index (χ0v) is 8.78. The van der Waals surface area contributed by atoms with Gasteiger partial charge in [-0.1, -0.05) is 6.07 Å². The van der Waals surface area contributed by atoms with E-state index in [1.165, 1.54) is 0 Å². The van der Waals surface area contributed by atoms with Gasteiger partial charge in [0.05, 0.1) is 11.2 Å². The van der Waals surface area contributed by atoms with Crippen LogP contribution in [0.15, 0.2) is 24.4 Å². The highest BCUT2D eigenvalue weighted by molar-refractivity contribution is 5.57. The summed E-state index contributed by atoms with van der Waals surface area (Å²) in [6, 6.07) is 6.52. The Bertz CT molecular complexity index is 443. The van der Waals surface area contributed by atoms with E-state index in [1.54, 1.807) is 0 Å². The minimum Gasteiger partial charge on any atom is -0.353 e. The van der Waals surface area contributed by atoms with Crippen LogP contribution in [0.25, 0.3) is 5.52 Å². The molecule has 1 N–H and O–H groups in total. The van der Waals surface area contributed by atoms with E-state index in [1.807, 2.05) is 25.3 Å². The van der Waals surface area contributed by atoms with Crippen molar-refractivity contribution in [1.82, 2.24) is 9.38 Å². The number of anilines is 1. The summed E-state index contributed by atoms with van der Waals surface area (Å²) in [6.07, 6.45) is 2.03. The molecule has 0 aliphatic rings. The van der Waals surface area contributed by atoms with E-state index >= 15 is 0 Å². The molecule has 0 saturated carbocycles. The molecule has 3 nitrogen and oxygen atoms in total. The number of hydrogen-bond acceptors (Lipinski definition) is 2. The number of aromatic nitrogens is 2. The van der Waals surface area contributed by atoms with E-state index in [-0.39, 0.29) is 0 Å². The van der Waals surface area contributed by atoms with Crippen LogP contribution < -0.4 is 5.32 Å². The van der Waals surface area contributed by atoms with Gasteiger partial charge in [0, 0.05) is 12.2 Å². The molecule has 0 aliphatic carbocycles. The molecule has 14 heavy (non-hydrogen) atoms. The summed E-state index contributed by atoms with van der Waals surface area (Å²) < 4.78 is 2.08. The second kappa shape index (κ2) is 3.33. The third kappa shape index (κ3) is 1.45. The highest BCUT2D eigenvalue weighted by Crippen LogP contribution is 2.15. The zero-order chi connectivity index (χ0) is 10.1. The van der Waals surface area contributed by atoms with Crippen LogP contribution in [-0.2, 0) is 0 Å². The fraction of sp³-hybridized carbons (Fsp3) is 0.364. The first-order valence-corrected chi connectivity index (χ1v) is 4.88. The van der Waals surface area contributed by atoms with Crippen LogP contribution in [0.3, 0.4) is 0 Å². The van der Waals surface area contributed by atoms with Crippen LogP contribution >= 0.6 is 0 Å².